The molecule has 0 bridgehead atoms. The Balaban J connectivity index is 3.64. The van der Waals surface area contributed by atoms with E-state index in [1.54, 1.807) is 7.05 Å². The van der Waals surface area contributed by atoms with Crippen molar-refractivity contribution in [2.45, 2.75) is 6.10 Å². The molecule has 0 aliphatic heterocycles. The number of methoxy groups -OCH3 is 1. The SMILES string of the molecule is COCC(O)CN(C)CC=CC(=O)O. The van der Waals surface area contributed by atoms with Gasteiger partial charge in [-0.05, 0) is 7.05 Å². The fourth-order valence-corrected chi connectivity index (χ4v) is 1.01. The van der Waals surface area contributed by atoms with Gasteiger partial charge in [-0.25, -0.2) is 4.79 Å². The Hall–Kier alpha value is -0.910. The lowest BCUT2D eigenvalue weighted by Gasteiger charge is -2.18. The number of rotatable bonds is 7. The van der Waals surface area contributed by atoms with Crippen LogP contribution in [0, 0.1) is 0 Å². The van der Waals surface area contributed by atoms with Crippen molar-refractivity contribution >= 4 is 5.97 Å². The molecule has 2 N–H and O–H groups in total. The summed E-state index contributed by atoms with van der Waals surface area (Å²) in [6.07, 6.45) is 2.07. The van der Waals surface area contributed by atoms with E-state index in [0.717, 1.165) is 6.08 Å². The number of aliphatic hydroxyl groups is 1. The fourth-order valence-electron chi connectivity index (χ4n) is 1.01. The summed E-state index contributed by atoms with van der Waals surface area (Å²) in [5.41, 5.74) is 0. The van der Waals surface area contributed by atoms with Crippen molar-refractivity contribution in [2.75, 3.05) is 33.9 Å². The van der Waals surface area contributed by atoms with E-state index >= 15 is 0 Å². The van der Waals surface area contributed by atoms with Gasteiger partial charge in [-0.15, -0.1) is 0 Å². The van der Waals surface area contributed by atoms with Gasteiger partial charge in [0, 0.05) is 26.3 Å². The van der Waals surface area contributed by atoms with E-state index in [9.17, 15) is 9.90 Å². The molecule has 0 fully saturated rings. The molecule has 0 aliphatic rings. The molecule has 14 heavy (non-hydrogen) atoms. The summed E-state index contributed by atoms with van der Waals surface area (Å²) in [5.74, 6) is -0.962. The van der Waals surface area contributed by atoms with Crippen LogP contribution in [0.25, 0.3) is 0 Å². The second kappa shape index (κ2) is 7.49. The molecule has 0 aromatic carbocycles. The van der Waals surface area contributed by atoms with Crippen LogP contribution in [0.3, 0.4) is 0 Å². The van der Waals surface area contributed by atoms with E-state index in [1.165, 1.54) is 13.2 Å². The first-order chi connectivity index (χ1) is 6.56. The van der Waals surface area contributed by atoms with Gasteiger partial charge in [-0.3, -0.25) is 0 Å². The van der Waals surface area contributed by atoms with Gasteiger partial charge < -0.3 is 19.8 Å². The Morgan fingerprint density at radius 1 is 1.64 bits per heavy atom. The van der Waals surface area contributed by atoms with E-state index in [1.807, 2.05) is 4.90 Å². The van der Waals surface area contributed by atoms with Gasteiger partial charge in [-0.2, -0.15) is 0 Å². The first kappa shape index (κ1) is 13.1. The van der Waals surface area contributed by atoms with Crippen molar-refractivity contribution in [3.63, 3.8) is 0 Å². The highest BCUT2D eigenvalue weighted by Crippen LogP contribution is 1.90. The Morgan fingerprint density at radius 3 is 2.79 bits per heavy atom. The quantitative estimate of drug-likeness (QED) is 0.549. The smallest absolute Gasteiger partial charge is 0.328 e. The van der Waals surface area contributed by atoms with Gasteiger partial charge in [0.05, 0.1) is 12.7 Å². The van der Waals surface area contributed by atoms with Crippen LogP contribution in [0.15, 0.2) is 12.2 Å². The molecule has 0 rings (SSSR count). The van der Waals surface area contributed by atoms with Crippen LogP contribution in [-0.4, -0.2) is 61.0 Å². The van der Waals surface area contributed by atoms with Crippen molar-refractivity contribution < 1.29 is 19.7 Å². The molecule has 0 radical (unpaired) electrons. The van der Waals surface area contributed by atoms with Crippen molar-refractivity contribution in [2.24, 2.45) is 0 Å². The number of hydrogen-bond donors (Lipinski definition) is 2. The molecule has 1 atom stereocenters. The topological polar surface area (TPSA) is 70.0 Å². The number of carboxylic acids is 1. The zero-order chi connectivity index (χ0) is 11.0. The van der Waals surface area contributed by atoms with Crippen LogP contribution in [0.2, 0.25) is 0 Å². The minimum atomic E-state index is -0.962. The third-order valence-corrected chi connectivity index (χ3v) is 1.56. The van der Waals surface area contributed by atoms with E-state index in [-0.39, 0.29) is 6.61 Å². The highest BCUT2D eigenvalue weighted by atomic mass is 16.5. The first-order valence-corrected chi connectivity index (χ1v) is 4.31. The zero-order valence-corrected chi connectivity index (χ0v) is 8.51. The Kier molecular flexibility index (Phi) is 7.00. The maximum absolute atomic E-state index is 10.1. The average molecular weight is 203 g/mol. The van der Waals surface area contributed by atoms with Gasteiger partial charge in [0.2, 0.25) is 0 Å². The van der Waals surface area contributed by atoms with Crippen LogP contribution in [0.1, 0.15) is 0 Å². The number of hydrogen-bond acceptors (Lipinski definition) is 4. The van der Waals surface area contributed by atoms with Crippen molar-refractivity contribution in [3.8, 4) is 0 Å². The third kappa shape index (κ3) is 7.72. The molecule has 0 saturated heterocycles. The zero-order valence-electron chi connectivity index (χ0n) is 8.51. The minimum absolute atomic E-state index is 0.285. The largest absolute Gasteiger partial charge is 0.478 e. The maximum atomic E-state index is 10.1. The summed E-state index contributed by atoms with van der Waals surface area (Å²) < 4.78 is 4.76. The number of carbonyl (C=O) groups is 1. The van der Waals surface area contributed by atoms with Crippen LogP contribution in [0.5, 0.6) is 0 Å². The standard InChI is InChI=1S/C9H17NO4/c1-10(5-3-4-9(12)13)6-8(11)7-14-2/h3-4,8,11H,5-7H2,1-2H3,(H,12,13). The summed E-state index contributed by atoms with van der Waals surface area (Å²) >= 11 is 0. The second-order valence-electron chi connectivity index (χ2n) is 3.07. The molecule has 0 aromatic rings. The minimum Gasteiger partial charge on any atom is -0.478 e. The predicted molar refractivity (Wildman–Crippen MR) is 52.2 cm³/mol. The number of likely N-dealkylation sites (N-methyl/N-ethyl adjacent to an activating group) is 1. The summed E-state index contributed by atoms with van der Waals surface area (Å²) in [6, 6.07) is 0. The lowest BCUT2D eigenvalue weighted by molar-refractivity contribution is -0.131. The van der Waals surface area contributed by atoms with Crippen LogP contribution >= 0.6 is 0 Å². The Labute approximate surface area is 83.6 Å². The predicted octanol–water partition coefficient (Wildman–Crippen LogP) is -0.434. The normalized spacial score (nSPS) is 13.7. The van der Waals surface area contributed by atoms with E-state index in [4.69, 9.17) is 9.84 Å². The summed E-state index contributed by atoms with van der Waals surface area (Å²) in [4.78, 5) is 11.9. The molecule has 5 heteroatoms. The lowest BCUT2D eigenvalue weighted by Crippen LogP contribution is -2.32. The lowest BCUT2D eigenvalue weighted by atomic mass is 10.3. The summed E-state index contributed by atoms with van der Waals surface area (Å²) in [6.45, 7) is 1.23. The third-order valence-electron chi connectivity index (χ3n) is 1.56. The van der Waals surface area contributed by atoms with E-state index in [0.29, 0.717) is 13.1 Å². The van der Waals surface area contributed by atoms with Crippen LogP contribution in [0.4, 0.5) is 0 Å². The highest BCUT2D eigenvalue weighted by molar-refractivity contribution is 5.79. The fraction of sp³-hybridized carbons (Fsp3) is 0.667. The number of nitrogens with zero attached hydrogens (tertiary/aromatic N) is 1. The summed E-state index contributed by atoms with van der Waals surface area (Å²) in [7, 11) is 3.32. The van der Waals surface area contributed by atoms with Crippen molar-refractivity contribution in [1.29, 1.82) is 0 Å². The van der Waals surface area contributed by atoms with Gasteiger partial charge in [0.1, 0.15) is 0 Å². The van der Waals surface area contributed by atoms with Crippen molar-refractivity contribution in [1.82, 2.24) is 4.90 Å². The number of carboxylic acid groups (broad SMARTS) is 1. The van der Waals surface area contributed by atoms with Gasteiger partial charge in [0.25, 0.3) is 0 Å². The molecule has 1 unspecified atom stereocenters. The molecule has 82 valence electrons. The maximum Gasteiger partial charge on any atom is 0.328 e. The van der Waals surface area contributed by atoms with Crippen LogP contribution < -0.4 is 0 Å². The highest BCUT2D eigenvalue weighted by Gasteiger charge is 2.05. The Bertz CT molecular complexity index is 193. The van der Waals surface area contributed by atoms with Crippen LogP contribution in [-0.2, 0) is 9.53 Å². The molecule has 0 aliphatic carbocycles. The van der Waals surface area contributed by atoms with Gasteiger partial charge in [-0.1, -0.05) is 6.08 Å². The molecular weight excluding hydrogens is 186 g/mol. The van der Waals surface area contributed by atoms with Crippen molar-refractivity contribution in [3.05, 3.63) is 12.2 Å². The average Bonchev–Trinajstić information content (AvgIpc) is 2.03. The molecule has 0 aromatic heterocycles. The molecular formula is C9H17NO4. The second-order valence-corrected chi connectivity index (χ2v) is 3.07. The van der Waals surface area contributed by atoms with Gasteiger partial charge in [0.15, 0.2) is 0 Å². The molecule has 0 heterocycles. The molecule has 0 spiro atoms. The monoisotopic (exact) mass is 203 g/mol. The van der Waals surface area contributed by atoms with E-state index < -0.39 is 12.1 Å². The summed E-state index contributed by atoms with van der Waals surface area (Å²) in [5, 5.41) is 17.6. The Morgan fingerprint density at radius 2 is 2.29 bits per heavy atom. The molecule has 0 saturated carbocycles. The number of ether oxygens (including phenoxy) is 1. The number of aliphatic hydroxyl groups excluding tert-OH is 1. The van der Waals surface area contributed by atoms with Gasteiger partial charge >= 0.3 is 5.97 Å². The number of aliphatic carboxylic acids is 1. The molecule has 0 amide bonds. The first-order valence-electron chi connectivity index (χ1n) is 4.31. The van der Waals surface area contributed by atoms with E-state index in [2.05, 4.69) is 0 Å². The molecule has 5 nitrogen and oxygen atoms in total.